The van der Waals surface area contributed by atoms with E-state index in [4.69, 9.17) is 4.74 Å². The maximum absolute atomic E-state index is 12.7. The first-order valence-electron chi connectivity index (χ1n) is 9.87. The van der Waals surface area contributed by atoms with E-state index in [1.165, 1.54) is 35.1 Å². The number of hydrogen-bond donors (Lipinski definition) is 1. The molecule has 2 aliphatic carbocycles. The van der Waals surface area contributed by atoms with Gasteiger partial charge in [-0.2, -0.15) is 0 Å². The number of carbonyl (C=O) groups is 1. The molecule has 0 aliphatic heterocycles. The van der Waals surface area contributed by atoms with Crippen LogP contribution in [0.3, 0.4) is 0 Å². The lowest BCUT2D eigenvalue weighted by Crippen LogP contribution is -2.39. The van der Waals surface area contributed by atoms with Crippen LogP contribution in [0.2, 0.25) is 0 Å². The Bertz CT molecular complexity index is 799. The Morgan fingerprint density at radius 1 is 1.00 bits per heavy atom. The van der Waals surface area contributed by atoms with Crippen molar-refractivity contribution < 1.29 is 9.53 Å². The molecule has 0 aromatic heterocycles. The average molecular weight is 349 g/mol. The predicted octanol–water partition coefficient (Wildman–Crippen LogP) is 4.53. The molecule has 0 radical (unpaired) electrons. The number of carbonyl (C=O) groups excluding carboxylic acids is 1. The summed E-state index contributed by atoms with van der Waals surface area (Å²) in [4.78, 5) is 12.7. The summed E-state index contributed by atoms with van der Waals surface area (Å²) in [5.74, 6) is 0.766. The number of fused-ring (bicyclic) bond motifs is 2. The van der Waals surface area contributed by atoms with Gasteiger partial charge in [-0.05, 0) is 86.3 Å². The van der Waals surface area contributed by atoms with Gasteiger partial charge in [0.1, 0.15) is 5.75 Å². The minimum atomic E-state index is -0.495. The Morgan fingerprint density at radius 2 is 1.77 bits per heavy atom. The van der Waals surface area contributed by atoms with Crippen LogP contribution >= 0.6 is 0 Å². The fourth-order valence-electron chi connectivity index (χ4n) is 4.23. The van der Waals surface area contributed by atoms with Crippen LogP contribution in [0, 0.1) is 0 Å². The van der Waals surface area contributed by atoms with Crippen molar-refractivity contribution in [2.75, 3.05) is 0 Å². The van der Waals surface area contributed by atoms with Crippen LogP contribution in [0.4, 0.5) is 0 Å². The van der Waals surface area contributed by atoms with E-state index in [2.05, 4.69) is 41.7 Å². The molecular weight excluding hydrogens is 322 g/mol. The van der Waals surface area contributed by atoms with Gasteiger partial charge in [-0.25, -0.2) is 0 Å². The second kappa shape index (κ2) is 7.53. The first kappa shape index (κ1) is 17.1. The second-order valence-corrected chi connectivity index (χ2v) is 7.55. The maximum atomic E-state index is 12.7. The summed E-state index contributed by atoms with van der Waals surface area (Å²) in [6.45, 7) is 1.84. The summed E-state index contributed by atoms with van der Waals surface area (Å²) in [7, 11) is 0. The van der Waals surface area contributed by atoms with Crippen molar-refractivity contribution in [3.05, 3.63) is 64.7 Å². The highest BCUT2D eigenvalue weighted by molar-refractivity contribution is 5.81. The van der Waals surface area contributed by atoms with Crippen molar-refractivity contribution in [1.29, 1.82) is 0 Å². The lowest BCUT2D eigenvalue weighted by molar-refractivity contribution is -0.128. The molecule has 0 bridgehead atoms. The first-order valence-corrected chi connectivity index (χ1v) is 9.87. The van der Waals surface area contributed by atoms with Crippen molar-refractivity contribution in [2.45, 2.75) is 64.0 Å². The van der Waals surface area contributed by atoms with Gasteiger partial charge >= 0.3 is 0 Å². The highest BCUT2D eigenvalue weighted by Gasteiger charge is 2.24. The number of ether oxygens (including phenoxy) is 1. The van der Waals surface area contributed by atoms with E-state index < -0.39 is 6.10 Å². The molecule has 3 heteroatoms. The third kappa shape index (κ3) is 3.62. The van der Waals surface area contributed by atoms with Gasteiger partial charge in [0.15, 0.2) is 6.10 Å². The molecule has 0 saturated heterocycles. The van der Waals surface area contributed by atoms with E-state index in [9.17, 15) is 4.79 Å². The lowest BCUT2D eigenvalue weighted by Gasteiger charge is -2.27. The zero-order chi connectivity index (χ0) is 17.9. The number of rotatable bonds is 4. The van der Waals surface area contributed by atoms with Gasteiger partial charge in [-0.3, -0.25) is 4.79 Å². The summed E-state index contributed by atoms with van der Waals surface area (Å²) in [5.41, 5.74) is 5.42. The van der Waals surface area contributed by atoms with E-state index in [0.29, 0.717) is 0 Å². The van der Waals surface area contributed by atoms with Crippen molar-refractivity contribution in [3.63, 3.8) is 0 Å². The smallest absolute Gasteiger partial charge is 0.261 e. The molecule has 0 fully saturated rings. The van der Waals surface area contributed by atoms with E-state index in [0.717, 1.165) is 37.9 Å². The number of aryl methyl sites for hydroxylation is 3. The van der Waals surface area contributed by atoms with Crippen LogP contribution in [-0.2, 0) is 24.1 Å². The summed E-state index contributed by atoms with van der Waals surface area (Å²) < 4.78 is 5.96. The molecule has 0 saturated carbocycles. The molecule has 136 valence electrons. The molecule has 4 rings (SSSR count). The van der Waals surface area contributed by atoms with Crippen LogP contribution in [0.25, 0.3) is 0 Å². The molecule has 0 unspecified atom stereocenters. The monoisotopic (exact) mass is 349 g/mol. The topological polar surface area (TPSA) is 38.3 Å². The number of hydrogen-bond acceptors (Lipinski definition) is 2. The summed E-state index contributed by atoms with van der Waals surface area (Å²) >= 11 is 0. The lowest BCUT2D eigenvalue weighted by atomic mass is 9.87. The van der Waals surface area contributed by atoms with Gasteiger partial charge in [-0.15, -0.1) is 0 Å². The Labute approximate surface area is 155 Å². The van der Waals surface area contributed by atoms with Crippen LogP contribution in [0.5, 0.6) is 5.75 Å². The largest absolute Gasteiger partial charge is 0.481 e. The minimum absolute atomic E-state index is 0.0376. The normalized spacial score (nSPS) is 19.8. The standard InChI is InChI=1S/C23H27NO2/c1-16(26-20-14-13-17-7-2-3-9-19(17)15-20)23(25)24-22-12-6-10-18-8-4-5-11-21(18)22/h4-5,8,11,13-16,22H,2-3,6-7,9-10,12H2,1H3,(H,24,25)/t16-,22+/m0/s1. The number of nitrogens with one attached hydrogen (secondary N) is 1. The van der Waals surface area contributed by atoms with Crippen LogP contribution in [0.1, 0.15) is 60.9 Å². The van der Waals surface area contributed by atoms with Gasteiger partial charge in [0.25, 0.3) is 5.91 Å². The van der Waals surface area contributed by atoms with Gasteiger partial charge < -0.3 is 10.1 Å². The van der Waals surface area contributed by atoms with Crippen molar-refractivity contribution in [3.8, 4) is 5.75 Å². The fraction of sp³-hybridized carbons (Fsp3) is 0.435. The van der Waals surface area contributed by atoms with Crippen LogP contribution in [0.15, 0.2) is 42.5 Å². The highest BCUT2D eigenvalue weighted by Crippen LogP contribution is 2.30. The molecule has 2 atom stereocenters. The Balaban J connectivity index is 1.41. The molecule has 2 aliphatic rings. The Kier molecular flexibility index (Phi) is 4.96. The SMILES string of the molecule is C[C@H](Oc1ccc2c(c1)CCCC2)C(=O)N[C@@H]1CCCc2ccccc21. The average Bonchev–Trinajstić information content (AvgIpc) is 2.68. The van der Waals surface area contributed by atoms with Crippen molar-refractivity contribution in [2.24, 2.45) is 0 Å². The van der Waals surface area contributed by atoms with Crippen molar-refractivity contribution >= 4 is 5.91 Å². The van der Waals surface area contributed by atoms with E-state index >= 15 is 0 Å². The third-order valence-electron chi connectivity index (χ3n) is 5.69. The first-order chi connectivity index (χ1) is 12.7. The zero-order valence-corrected chi connectivity index (χ0v) is 15.5. The molecule has 2 aromatic rings. The van der Waals surface area contributed by atoms with Crippen LogP contribution in [-0.4, -0.2) is 12.0 Å². The molecular formula is C23H27NO2. The Morgan fingerprint density at radius 3 is 2.65 bits per heavy atom. The predicted molar refractivity (Wildman–Crippen MR) is 103 cm³/mol. The quantitative estimate of drug-likeness (QED) is 0.881. The third-order valence-corrected chi connectivity index (χ3v) is 5.69. The summed E-state index contributed by atoms with van der Waals surface area (Å²) in [6.07, 6.45) is 7.51. The van der Waals surface area contributed by atoms with Gasteiger partial charge in [0.2, 0.25) is 0 Å². The van der Waals surface area contributed by atoms with Gasteiger partial charge in [-0.1, -0.05) is 30.3 Å². The molecule has 1 N–H and O–H groups in total. The van der Waals surface area contributed by atoms with Gasteiger partial charge in [0.05, 0.1) is 6.04 Å². The number of benzene rings is 2. The number of amides is 1. The molecule has 26 heavy (non-hydrogen) atoms. The van der Waals surface area contributed by atoms with Crippen LogP contribution < -0.4 is 10.1 Å². The maximum Gasteiger partial charge on any atom is 0.261 e. The molecule has 3 nitrogen and oxygen atoms in total. The molecule has 0 spiro atoms. The van der Waals surface area contributed by atoms with Crippen molar-refractivity contribution in [1.82, 2.24) is 5.32 Å². The summed E-state index contributed by atoms with van der Waals surface area (Å²) in [5, 5.41) is 3.19. The highest BCUT2D eigenvalue weighted by atomic mass is 16.5. The minimum Gasteiger partial charge on any atom is -0.481 e. The van der Waals surface area contributed by atoms with Gasteiger partial charge in [0, 0.05) is 0 Å². The van der Waals surface area contributed by atoms with E-state index in [1.807, 2.05) is 13.0 Å². The molecule has 1 amide bonds. The fourth-order valence-corrected chi connectivity index (χ4v) is 4.23. The Hall–Kier alpha value is -2.29. The molecule has 0 heterocycles. The summed E-state index contributed by atoms with van der Waals surface area (Å²) in [6, 6.07) is 14.8. The molecule has 2 aromatic carbocycles. The zero-order valence-electron chi connectivity index (χ0n) is 15.5. The van der Waals surface area contributed by atoms with E-state index in [-0.39, 0.29) is 11.9 Å². The van der Waals surface area contributed by atoms with E-state index in [1.54, 1.807) is 0 Å². The second-order valence-electron chi connectivity index (χ2n) is 7.55.